The molecule has 0 aromatic rings. The van der Waals surface area contributed by atoms with Gasteiger partial charge in [0.05, 0.1) is 0 Å². The Bertz CT molecular complexity index is 185. The van der Waals surface area contributed by atoms with Gasteiger partial charge in [-0.15, -0.1) is 6.58 Å². The second-order valence-electron chi connectivity index (χ2n) is 4.22. The molecular formula is C11H18O. The molecule has 0 radical (unpaired) electrons. The van der Waals surface area contributed by atoms with Gasteiger partial charge in [-0.2, -0.15) is 0 Å². The molecule has 1 nitrogen and oxygen atoms in total. The van der Waals surface area contributed by atoms with Crippen LogP contribution in [0, 0.1) is 17.3 Å². The second kappa shape index (κ2) is 3.42. The molecule has 1 heteroatoms. The van der Waals surface area contributed by atoms with E-state index in [0.717, 1.165) is 19.1 Å². The lowest BCUT2D eigenvalue weighted by molar-refractivity contribution is -0.117. The fourth-order valence-corrected chi connectivity index (χ4v) is 2.23. The van der Waals surface area contributed by atoms with Crippen LogP contribution in [-0.2, 0) is 4.79 Å². The van der Waals surface area contributed by atoms with Crippen molar-refractivity contribution < 1.29 is 4.79 Å². The highest BCUT2D eigenvalue weighted by molar-refractivity contribution is 5.61. The highest BCUT2D eigenvalue weighted by Crippen LogP contribution is 2.45. The van der Waals surface area contributed by atoms with E-state index in [2.05, 4.69) is 20.4 Å². The summed E-state index contributed by atoms with van der Waals surface area (Å²) in [4.78, 5) is 11.0. The van der Waals surface area contributed by atoms with Crippen molar-refractivity contribution >= 4 is 6.29 Å². The Balaban J connectivity index is 2.76. The number of rotatable bonds is 3. The first-order valence-corrected chi connectivity index (χ1v) is 4.73. The van der Waals surface area contributed by atoms with Crippen molar-refractivity contribution in [2.45, 2.75) is 33.1 Å². The Morgan fingerprint density at radius 2 is 2.33 bits per heavy atom. The van der Waals surface area contributed by atoms with Gasteiger partial charge in [-0.25, -0.2) is 0 Å². The maximum absolute atomic E-state index is 11.0. The minimum Gasteiger partial charge on any atom is -0.303 e. The molecule has 3 unspecified atom stereocenters. The lowest BCUT2D eigenvalue weighted by Gasteiger charge is -2.27. The molecule has 68 valence electrons. The molecule has 1 rings (SSSR count). The molecule has 0 spiro atoms. The molecule has 0 aromatic heterocycles. The van der Waals surface area contributed by atoms with E-state index in [1.54, 1.807) is 0 Å². The molecule has 1 saturated carbocycles. The molecule has 0 N–H and O–H groups in total. The lowest BCUT2D eigenvalue weighted by Crippen LogP contribution is -2.26. The Morgan fingerprint density at radius 1 is 1.67 bits per heavy atom. The molecule has 3 atom stereocenters. The van der Waals surface area contributed by atoms with Crippen LogP contribution in [0.15, 0.2) is 12.7 Å². The average Bonchev–Trinajstić information content (AvgIpc) is 2.47. The summed E-state index contributed by atoms with van der Waals surface area (Å²) < 4.78 is 0. The van der Waals surface area contributed by atoms with Crippen LogP contribution < -0.4 is 0 Å². The van der Waals surface area contributed by atoms with Crippen LogP contribution in [0.4, 0.5) is 0 Å². The van der Waals surface area contributed by atoms with E-state index in [1.807, 2.05) is 6.08 Å². The molecule has 0 aliphatic heterocycles. The number of aldehydes is 1. The fraction of sp³-hybridized carbons (Fsp3) is 0.727. The Labute approximate surface area is 74.9 Å². The van der Waals surface area contributed by atoms with Crippen molar-refractivity contribution in [1.82, 2.24) is 0 Å². The van der Waals surface area contributed by atoms with Gasteiger partial charge >= 0.3 is 0 Å². The quantitative estimate of drug-likeness (QED) is 0.465. The lowest BCUT2D eigenvalue weighted by atomic mass is 9.75. The summed E-state index contributed by atoms with van der Waals surface area (Å²) in [7, 11) is 0. The highest BCUT2D eigenvalue weighted by atomic mass is 16.1. The van der Waals surface area contributed by atoms with E-state index in [4.69, 9.17) is 0 Å². The molecule has 0 heterocycles. The largest absolute Gasteiger partial charge is 0.303 e. The third-order valence-corrected chi connectivity index (χ3v) is 3.33. The van der Waals surface area contributed by atoms with Gasteiger partial charge in [-0.1, -0.05) is 19.9 Å². The zero-order chi connectivity index (χ0) is 9.19. The number of carbonyl (C=O) groups excluding carboxylic acids is 1. The number of allylic oxidation sites excluding steroid dienone is 1. The van der Waals surface area contributed by atoms with Gasteiger partial charge in [0.25, 0.3) is 0 Å². The standard InChI is InChI=1S/C11H18O/c1-4-10(3)11(8-12)6-5-9(2)7-11/h4,8-10H,1,5-7H2,2-3H3. The van der Waals surface area contributed by atoms with Crippen LogP contribution in [-0.4, -0.2) is 6.29 Å². The highest BCUT2D eigenvalue weighted by Gasteiger charge is 2.40. The van der Waals surface area contributed by atoms with Crippen molar-refractivity contribution in [2.75, 3.05) is 0 Å². The van der Waals surface area contributed by atoms with Crippen molar-refractivity contribution in [3.8, 4) is 0 Å². The molecule has 12 heavy (non-hydrogen) atoms. The van der Waals surface area contributed by atoms with Crippen molar-refractivity contribution in [3.63, 3.8) is 0 Å². The van der Waals surface area contributed by atoms with Crippen LogP contribution in [0.2, 0.25) is 0 Å². The predicted octanol–water partition coefficient (Wildman–Crippen LogP) is 2.81. The summed E-state index contributed by atoms with van der Waals surface area (Å²) in [6.45, 7) is 8.08. The minimum absolute atomic E-state index is 0.0822. The summed E-state index contributed by atoms with van der Waals surface area (Å²) in [6, 6.07) is 0. The van der Waals surface area contributed by atoms with Gasteiger partial charge in [0, 0.05) is 5.41 Å². The topological polar surface area (TPSA) is 17.1 Å². The average molecular weight is 166 g/mol. The minimum atomic E-state index is -0.0822. The Morgan fingerprint density at radius 3 is 2.67 bits per heavy atom. The monoisotopic (exact) mass is 166 g/mol. The smallest absolute Gasteiger partial charge is 0.126 e. The summed E-state index contributed by atoms with van der Waals surface area (Å²) in [6.07, 6.45) is 6.35. The molecule has 0 amide bonds. The van der Waals surface area contributed by atoms with Gasteiger partial charge < -0.3 is 4.79 Å². The molecule has 0 aromatic carbocycles. The van der Waals surface area contributed by atoms with Crippen molar-refractivity contribution in [1.29, 1.82) is 0 Å². The van der Waals surface area contributed by atoms with Crippen LogP contribution in [0.25, 0.3) is 0 Å². The van der Waals surface area contributed by atoms with Crippen LogP contribution in [0.1, 0.15) is 33.1 Å². The first-order valence-electron chi connectivity index (χ1n) is 4.73. The van der Waals surface area contributed by atoms with Gasteiger partial charge in [0.1, 0.15) is 6.29 Å². The SMILES string of the molecule is C=CC(C)C1(C=O)CCC(C)C1. The third-order valence-electron chi connectivity index (χ3n) is 3.33. The van der Waals surface area contributed by atoms with E-state index in [-0.39, 0.29) is 5.41 Å². The molecular weight excluding hydrogens is 148 g/mol. The molecule has 0 saturated heterocycles. The number of hydrogen-bond acceptors (Lipinski definition) is 1. The Kier molecular flexibility index (Phi) is 2.71. The number of carbonyl (C=O) groups is 1. The Hall–Kier alpha value is -0.590. The van der Waals surface area contributed by atoms with Gasteiger partial charge in [0.15, 0.2) is 0 Å². The van der Waals surface area contributed by atoms with Gasteiger partial charge in [0.2, 0.25) is 0 Å². The van der Waals surface area contributed by atoms with Crippen molar-refractivity contribution in [3.05, 3.63) is 12.7 Å². The maximum atomic E-state index is 11.0. The normalized spacial score (nSPS) is 37.7. The second-order valence-corrected chi connectivity index (χ2v) is 4.22. The first kappa shape index (κ1) is 9.50. The van der Waals surface area contributed by atoms with E-state index in [1.165, 1.54) is 6.42 Å². The van der Waals surface area contributed by atoms with E-state index >= 15 is 0 Å². The zero-order valence-corrected chi connectivity index (χ0v) is 8.05. The molecule has 0 bridgehead atoms. The predicted molar refractivity (Wildman–Crippen MR) is 50.9 cm³/mol. The summed E-state index contributed by atoms with van der Waals surface area (Å²) in [5.74, 6) is 1.04. The van der Waals surface area contributed by atoms with Crippen LogP contribution in [0.3, 0.4) is 0 Å². The summed E-state index contributed by atoms with van der Waals surface area (Å²) in [5, 5.41) is 0. The third kappa shape index (κ3) is 1.45. The first-order chi connectivity index (χ1) is 5.64. The fourth-order valence-electron chi connectivity index (χ4n) is 2.23. The van der Waals surface area contributed by atoms with E-state index in [9.17, 15) is 4.79 Å². The van der Waals surface area contributed by atoms with Gasteiger partial charge in [-0.05, 0) is 31.1 Å². The number of hydrogen-bond donors (Lipinski definition) is 0. The summed E-state index contributed by atoms with van der Waals surface area (Å²) >= 11 is 0. The molecule has 1 aliphatic carbocycles. The molecule has 1 aliphatic rings. The zero-order valence-electron chi connectivity index (χ0n) is 8.05. The van der Waals surface area contributed by atoms with Crippen molar-refractivity contribution in [2.24, 2.45) is 17.3 Å². The maximum Gasteiger partial charge on any atom is 0.126 e. The van der Waals surface area contributed by atoms with Gasteiger partial charge in [-0.3, -0.25) is 0 Å². The molecule has 1 fully saturated rings. The van der Waals surface area contributed by atoms with E-state index in [0.29, 0.717) is 11.8 Å². The van der Waals surface area contributed by atoms with Crippen LogP contribution in [0.5, 0.6) is 0 Å². The van der Waals surface area contributed by atoms with Crippen LogP contribution >= 0.6 is 0 Å². The summed E-state index contributed by atoms with van der Waals surface area (Å²) in [5.41, 5.74) is -0.0822. The van der Waals surface area contributed by atoms with E-state index < -0.39 is 0 Å².